The van der Waals surface area contributed by atoms with E-state index in [1.807, 2.05) is 60.7 Å². The molecule has 0 spiro atoms. The second-order valence-corrected chi connectivity index (χ2v) is 7.16. The molecule has 2 aliphatic rings. The summed E-state index contributed by atoms with van der Waals surface area (Å²) in [5.74, 6) is -1.19. The summed E-state index contributed by atoms with van der Waals surface area (Å²) < 4.78 is 27.3. The first-order chi connectivity index (χ1) is 14.2. The number of benzene rings is 3. The Morgan fingerprint density at radius 2 is 1.79 bits per heavy atom. The molecule has 0 N–H and O–H groups in total. The SMILES string of the molecule is F[C@]1(c2ccccc2)COCN1c1cc[c]c(C2=N[C@H](c3ccccc3)CO2)c1. The number of rotatable bonds is 4. The highest BCUT2D eigenvalue weighted by Gasteiger charge is 2.44. The van der Waals surface area contributed by atoms with Crippen LogP contribution >= 0.6 is 0 Å². The second kappa shape index (κ2) is 7.33. The van der Waals surface area contributed by atoms with Crippen molar-refractivity contribution < 1.29 is 13.9 Å². The van der Waals surface area contributed by atoms with E-state index >= 15 is 4.39 Å². The molecule has 2 aliphatic heterocycles. The van der Waals surface area contributed by atoms with Crippen LogP contribution in [-0.2, 0) is 15.3 Å². The van der Waals surface area contributed by atoms with Gasteiger partial charge in [0.25, 0.3) is 0 Å². The van der Waals surface area contributed by atoms with Crippen molar-refractivity contribution in [1.82, 2.24) is 0 Å². The third kappa shape index (κ3) is 3.28. The zero-order chi connectivity index (χ0) is 19.7. The topological polar surface area (TPSA) is 34.1 Å². The van der Waals surface area contributed by atoms with Crippen LogP contribution < -0.4 is 4.90 Å². The zero-order valence-corrected chi connectivity index (χ0v) is 15.8. The summed E-state index contributed by atoms with van der Waals surface area (Å²) in [7, 11) is 0. The Balaban J connectivity index is 1.45. The number of halogens is 1. The number of ether oxygens (including phenoxy) is 2. The van der Waals surface area contributed by atoms with Gasteiger partial charge in [0.2, 0.25) is 11.7 Å². The van der Waals surface area contributed by atoms with Crippen LogP contribution in [-0.4, -0.2) is 25.8 Å². The molecule has 5 rings (SSSR count). The molecule has 145 valence electrons. The van der Waals surface area contributed by atoms with E-state index in [-0.39, 0.29) is 19.4 Å². The molecule has 0 aromatic heterocycles. The van der Waals surface area contributed by atoms with Gasteiger partial charge in [0.05, 0.1) is 0 Å². The van der Waals surface area contributed by atoms with Crippen molar-refractivity contribution >= 4 is 11.6 Å². The van der Waals surface area contributed by atoms with Gasteiger partial charge in [-0.2, -0.15) is 0 Å². The predicted octanol–water partition coefficient (Wildman–Crippen LogP) is 4.62. The van der Waals surface area contributed by atoms with Gasteiger partial charge in [0.1, 0.15) is 26.0 Å². The van der Waals surface area contributed by atoms with Gasteiger partial charge in [0, 0.05) is 16.8 Å². The number of aliphatic imine (C=N–C) groups is 1. The Kier molecular flexibility index (Phi) is 4.52. The minimum Gasteiger partial charge on any atom is -0.475 e. The van der Waals surface area contributed by atoms with E-state index in [0.717, 1.165) is 5.56 Å². The minimum atomic E-state index is -1.72. The Morgan fingerprint density at radius 1 is 1.03 bits per heavy atom. The third-order valence-corrected chi connectivity index (χ3v) is 5.32. The Bertz CT molecular complexity index is 1030. The molecule has 0 aliphatic carbocycles. The smallest absolute Gasteiger partial charge is 0.234 e. The Morgan fingerprint density at radius 3 is 2.59 bits per heavy atom. The van der Waals surface area contributed by atoms with Gasteiger partial charge in [-0.1, -0.05) is 66.7 Å². The summed E-state index contributed by atoms with van der Waals surface area (Å²) in [4.78, 5) is 6.34. The predicted molar refractivity (Wildman–Crippen MR) is 109 cm³/mol. The molecule has 1 saturated heterocycles. The second-order valence-electron chi connectivity index (χ2n) is 7.16. The summed E-state index contributed by atoms with van der Waals surface area (Å²) in [6.07, 6.45) is 0. The molecule has 0 saturated carbocycles. The van der Waals surface area contributed by atoms with Crippen molar-refractivity contribution in [3.63, 3.8) is 0 Å². The number of hydrogen-bond donors (Lipinski definition) is 0. The van der Waals surface area contributed by atoms with Crippen LogP contribution in [0.1, 0.15) is 22.7 Å². The first-order valence-corrected chi connectivity index (χ1v) is 9.61. The summed E-state index contributed by atoms with van der Waals surface area (Å²) in [5.41, 5.74) is 3.10. The summed E-state index contributed by atoms with van der Waals surface area (Å²) in [6.45, 7) is 0.647. The van der Waals surface area contributed by atoms with Crippen LogP contribution in [0.25, 0.3) is 0 Å². The van der Waals surface area contributed by atoms with Gasteiger partial charge < -0.3 is 14.4 Å². The molecule has 29 heavy (non-hydrogen) atoms. The van der Waals surface area contributed by atoms with Gasteiger partial charge in [0.15, 0.2) is 0 Å². The molecule has 2 heterocycles. The van der Waals surface area contributed by atoms with Gasteiger partial charge in [-0.3, -0.25) is 0 Å². The molecular weight excluding hydrogens is 367 g/mol. The lowest BCUT2D eigenvalue weighted by molar-refractivity contribution is 0.112. The highest BCUT2D eigenvalue weighted by Crippen LogP contribution is 2.39. The van der Waals surface area contributed by atoms with Crippen LogP contribution in [0.2, 0.25) is 0 Å². The molecule has 1 radical (unpaired) electrons. The monoisotopic (exact) mass is 387 g/mol. The summed E-state index contributed by atoms with van der Waals surface area (Å²) in [6, 6.07) is 27.8. The van der Waals surface area contributed by atoms with E-state index in [4.69, 9.17) is 14.5 Å². The lowest BCUT2D eigenvalue weighted by Crippen LogP contribution is -2.39. The van der Waals surface area contributed by atoms with Gasteiger partial charge in [-0.25, -0.2) is 9.38 Å². The average Bonchev–Trinajstić information content (AvgIpc) is 3.43. The molecule has 2 atom stereocenters. The lowest BCUT2D eigenvalue weighted by Gasteiger charge is -2.31. The fourth-order valence-electron chi connectivity index (χ4n) is 3.78. The molecule has 0 bridgehead atoms. The first kappa shape index (κ1) is 17.9. The van der Waals surface area contributed by atoms with Crippen LogP contribution in [0.3, 0.4) is 0 Å². The minimum absolute atomic E-state index is 0.0154. The average molecular weight is 387 g/mol. The van der Waals surface area contributed by atoms with E-state index in [1.165, 1.54) is 0 Å². The van der Waals surface area contributed by atoms with E-state index in [1.54, 1.807) is 23.1 Å². The first-order valence-electron chi connectivity index (χ1n) is 9.61. The van der Waals surface area contributed by atoms with Crippen molar-refractivity contribution in [2.75, 3.05) is 24.8 Å². The normalized spacial score (nSPS) is 23.7. The van der Waals surface area contributed by atoms with E-state index in [2.05, 4.69) is 6.07 Å². The third-order valence-electron chi connectivity index (χ3n) is 5.32. The number of hydrogen-bond acceptors (Lipinski definition) is 4. The highest BCUT2D eigenvalue weighted by atomic mass is 19.1. The Labute approximate surface area is 169 Å². The maximum absolute atomic E-state index is 15.9. The molecule has 0 amide bonds. The van der Waals surface area contributed by atoms with Crippen molar-refractivity contribution in [1.29, 1.82) is 0 Å². The van der Waals surface area contributed by atoms with Crippen molar-refractivity contribution in [3.8, 4) is 0 Å². The number of alkyl halides is 1. The van der Waals surface area contributed by atoms with E-state index < -0.39 is 5.79 Å². The van der Waals surface area contributed by atoms with Crippen LogP contribution in [0, 0.1) is 6.07 Å². The van der Waals surface area contributed by atoms with Crippen LogP contribution in [0.15, 0.2) is 83.9 Å². The molecule has 3 aromatic rings. The molecule has 0 unspecified atom stereocenters. The van der Waals surface area contributed by atoms with E-state index in [0.29, 0.717) is 29.3 Å². The zero-order valence-electron chi connectivity index (χ0n) is 15.8. The van der Waals surface area contributed by atoms with Crippen LogP contribution in [0.5, 0.6) is 0 Å². The van der Waals surface area contributed by atoms with E-state index in [9.17, 15) is 0 Å². The van der Waals surface area contributed by atoms with Crippen molar-refractivity contribution in [3.05, 3.63) is 102 Å². The number of nitrogens with zero attached hydrogens (tertiary/aromatic N) is 2. The van der Waals surface area contributed by atoms with Crippen LogP contribution in [0.4, 0.5) is 10.1 Å². The highest BCUT2D eigenvalue weighted by molar-refractivity contribution is 5.96. The maximum atomic E-state index is 15.9. The van der Waals surface area contributed by atoms with Crippen molar-refractivity contribution in [2.45, 2.75) is 11.8 Å². The quantitative estimate of drug-likeness (QED) is 0.613. The molecule has 4 nitrogen and oxygen atoms in total. The fourth-order valence-corrected chi connectivity index (χ4v) is 3.78. The van der Waals surface area contributed by atoms with Crippen molar-refractivity contribution in [2.24, 2.45) is 4.99 Å². The maximum Gasteiger partial charge on any atom is 0.234 e. The van der Waals surface area contributed by atoms with Gasteiger partial charge >= 0.3 is 0 Å². The largest absolute Gasteiger partial charge is 0.475 e. The number of anilines is 1. The summed E-state index contributed by atoms with van der Waals surface area (Å²) in [5, 5.41) is 0. The molecule has 3 aromatic carbocycles. The molecule has 1 fully saturated rings. The van der Waals surface area contributed by atoms with Gasteiger partial charge in [-0.15, -0.1) is 0 Å². The lowest BCUT2D eigenvalue weighted by atomic mass is 10.0. The fraction of sp³-hybridized carbons (Fsp3) is 0.208. The standard InChI is InChI=1S/C24H20FN2O2/c25-24(20-11-5-2-6-12-20)16-28-17-27(24)21-13-7-10-19(14-21)23-26-22(15-29-23)18-8-3-1-4-9-18/h1-9,11-14,22H,15-17H2/t22-,24+/m0/s1. The summed E-state index contributed by atoms with van der Waals surface area (Å²) >= 11 is 0. The van der Waals surface area contributed by atoms with Gasteiger partial charge in [-0.05, 0) is 23.8 Å². The Hall–Kier alpha value is -3.18. The molecular formula is C24H20FN2O2. The molecule has 5 heteroatoms.